The van der Waals surface area contributed by atoms with E-state index >= 15 is 0 Å². The second-order valence-corrected chi connectivity index (χ2v) is 5.71. The Kier molecular flexibility index (Phi) is 4.83. The zero-order valence-corrected chi connectivity index (χ0v) is 11.7. The molecule has 2 aliphatic rings. The van der Waals surface area contributed by atoms with Crippen molar-refractivity contribution >= 4 is 0 Å². The molecule has 0 saturated carbocycles. The van der Waals surface area contributed by atoms with E-state index in [-0.39, 0.29) is 0 Å². The highest BCUT2D eigenvalue weighted by atomic mass is 16.5. The van der Waals surface area contributed by atoms with Crippen LogP contribution in [-0.4, -0.2) is 61.3 Å². The van der Waals surface area contributed by atoms with Gasteiger partial charge in [0.15, 0.2) is 0 Å². The molecule has 0 radical (unpaired) electrons. The van der Waals surface area contributed by atoms with Crippen LogP contribution in [0.25, 0.3) is 0 Å². The number of rotatable bonds is 4. The molecular weight excluding hydrogens is 212 g/mol. The fourth-order valence-corrected chi connectivity index (χ4v) is 3.52. The second kappa shape index (κ2) is 6.17. The Hall–Kier alpha value is -0.120. The molecule has 0 amide bonds. The normalized spacial score (nSPS) is 33.4. The SMILES string of the molecule is CCC1CN2CCCCC2CN1C(C)COC. The lowest BCUT2D eigenvalue weighted by Crippen LogP contribution is -2.61. The molecule has 2 rings (SSSR count). The Balaban J connectivity index is 1.99. The molecule has 0 aromatic heterocycles. The maximum Gasteiger partial charge on any atom is 0.0615 e. The third kappa shape index (κ3) is 3.01. The third-order valence-corrected chi connectivity index (χ3v) is 4.53. The van der Waals surface area contributed by atoms with Crippen LogP contribution in [0, 0.1) is 0 Å². The van der Waals surface area contributed by atoms with Gasteiger partial charge in [0, 0.05) is 38.3 Å². The van der Waals surface area contributed by atoms with Crippen LogP contribution in [0.15, 0.2) is 0 Å². The number of hydrogen-bond acceptors (Lipinski definition) is 3. The summed E-state index contributed by atoms with van der Waals surface area (Å²) in [6, 6.07) is 2.11. The standard InChI is InChI=1S/C14H28N2O/c1-4-13-9-15-8-6-5-7-14(15)10-16(13)12(2)11-17-3/h12-14H,4-11H2,1-3H3. The minimum absolute atomic E-state index is 0.564. The van der Waals surface area contributed by atoms with E-state index < -0.39 is 0 Å². The van der Waals surface area contributed by atoms with Gasteiger partial charge in [0.1, 0.15) is 0 Å². The van der Waals surface area contributed by atoms with E-state index in [4.69, 9.17) is 4.74 Å². The highest BCUT2D eigenvalue weighted by Crippen LogP contribution is 2.26. The summed E-state index contributed by atoms with van der Waals surface area (Å²) >= 11 is 0. The van der Waals surface area contributed by atoms with Crippen LogP contribution in [0.3, 0.4) is 0 Å². The molecule has 0 aliphatic carbocycles. The molecule has 100 valence electrons. The van der Waals surface area contributed by atoms with Crippen LogP contribution in [0.1, 0.15) is 39.5 Å². The van der Waals surface area contributed by atoms with Gasteiger partial charge in [-0.3, -0.25) is 9.80 Å². The minimum atomic E-state index is 0.564. The second-order valence-electron chi connectivity index (χ2n) is 5.71. The highest BCUT2D eigenvalue weighted by Gasteiger charge is 2.35. The van der Waals surface area contributed by atoms with Gasteiger partial charge < -0.3 is 4.74 Å². The Labute approximate surface area is 106 Å². The summed E-state index contributed by atoms with van der Waals surface area (Å²) in [6.45, 7) is 9.35. The number of methoxy groups -OCH3 is 1. The Morgan fingerprint density at radius 3 is 2.82 bits per heavy atom. The monoisotopic (exact) mass is 240 g/mol. The average molecular weight is 240 g/mol. The van der Waals surface area contributed by atoms with Gasteiger partial charge in [-0.2, -0.15) is 0 Å². The maximum absolute atomic E-state index is 5.33. The van der Waals surface area contributed by atoms with Crippen molar-refractivity contribution in [3.8, 4) is 0 Å². The van der Waals surface area contributed by atoms with Gasteiger partial charge in [-0.05, 0) is 32.7 Å². The van der Waals surface area contributed by atoms with E-state index in [0.29, 0.717) is 6.04 Å². The van der Waals surface area contributed by atoms with Crippen molar-refractivity contribution in [2.75, 3.05) is 33.4 Å². The van der Waals surface area contributed by atoms with E-state index in [1.807, 2.05) is 7.11 Å². The van der Waals surface area contributed by atoms with Crippen molar-refractivity contribution in [1.82, 2.24) is 9.80 Å². The number of fused-ring (bicyclic) bond motifs is 1. The largest absolute Gasteiger partial charge is 0.383 e. The molecule has 3 heteroatoms. The lowest BCUT2D eigenvalue weighted by Gasteiger charge is -2.50. The van der Waals surface area contributed by atoms with Crippen molar-refractivity contribution in [3.05, 3.63) is 0 Å². The first kappa shape index (κ1) is 13.3. The first-order valence-electron chi connectivity index (χ1n) is 7.25. The summed E-state index contributed by atoms with van der Waals surface area (Å²) in [7, 11) is 1.81. The molecule has 0 aromatic carbocycles. The van der Waals surface area contributed by atoms with E-state index in [0.717, 1.165) is 18.7 Å². The van der Waals surface area contributed by atoms with Gasteiger partial charge in [0.25, 0.3) is 0 Å². The van der Waals surface area contributed by atoms with Crippen LogP contribution in [0.4, 0.5) is 0 Å². The molecule has 2 heterocycles. The van der Waals surface area contributed by atoms with Crippen LogP contribution in [0.2, 0.25) is 0 Å². The first-order valence-corrected chi connectivity index (χ1v) is 7.25. The Morgan fingerprint density at radius 2 is 2.12 bits per heavy atom. The number of hydrogen-bond donors (Lipinski definition) is 0. The molecule has 0 bridgehead atoms. The van der Waals surface area contributed by atoms with Gasteiger partial charge in [-0.25, -0.2) is 0 Å². The fourth-order valence-electron chi connectivity index (χ4n) is 3.52. The first-order chi connectivity index (χ1) is 8.26. The third-order valence-electron chi connectivity index (χ3n) is 4.53. The van der Waals surface area contributed by atoms with Crippen molar-refractivity contribution in [2.24, 2.45) is 0 Å². The molecule has 0 N–H and O–H groups in total. The topological polar surface area (TPSA) is 15.7 Å². The molecule has 3 atom stereocenters. The molecule has 0 aromatic rings. The van der Waals surface area contributed by atoms with Crippen molar-refractivity contribution in [1.29, 1.82) is 0 Å². The van der Waals surface area contributed by atoms with Gasteiger partial charge in [0.2, 0.25) is 0 Å². The van der Waals surface area contributed by atoms with E-state index in [1.54, 1.807) is 0 Å². The zero-order valence-electron chi connectivity index (χ0n) is 11.7. The molecule has 2 saturated heterocycles. The predicted octanol–water partition coefficient (Wildman–Crippen LogP) is 1.97. The molecule has 3 nitrogen and oxygen atoms in total. The summed E-state index contributed by atoms with van der Waals surface area (Å²) in [5.41, 5.74) is 0. The maximum atomic E-state index is 5.33. The summed E-state index contributed by atoms with van der Waals surface area (Å²) in [5.74, 6) is 0. The fraction of sp³-hybridized carbons (Fsp3) is 1.00. The summed E-state index contributed by atoms with van der Waals surface area (Å²) < 4.78 is 5.33. The summed E-state index contributed by atoms with van der Waals surface area (Å²) in [4.78, 5) is 5.42. The molecule has 0 spiro atoms. The summed E-state index contributed by atoms with van der Waals surface area (Å²) in [6.07, 6.45) is 5.48. The number of piperidine rings is 1. The Morgan fingerprint density at radius 1 is 1.29 bits per heavy atom. The van der Waals surface area contributed by atoms with Gasteiger partial charge in [0.05, 0.1) is 6.61 Å². The predicted molar refractivity (Wildman–Crippen MR) is 71.3 cm³/mol. The molecule has 17 heavy (non-hydrogen) atoms. The van der Waals surface area contributed by atoms with E-state index in [9.17, 15) is 0 Å². The Bertz CT molecular complexity index is 234. The van der Waals surface area contributed by atoms with E-state index in [1.165, 1.54) is 45.3 Å². The van der Waals surface area contributed by atoms with Gasteiger partial charge in [-0.1, -0.05) is 13.3 Å². The van der Waals surface area contributed by atoms with Crippen molar-refractivity contribution < 1.29 is 4.74 Å². The number of piperazine rings is 1. The minimum Gasteiger partial charge on any atom is -0.383 e. The highest BCUT2D eigenvalue weighted by molar-refractivity contribution is 4.92. The van der Waals surface area contributed by atoms with Crippen LogP contribution < -0.4 is 0 Å². The van der Waals surface area contributed by atoms with E-state index in [2.05, 4.69) is 23.6 Å². The van der Waals surface area contributed by atoms with Crippen molar-refractivity contribution in [3.63, 3.8) is 0 Å². The van der Waals surface area contributed by atoms with Crippen molar-refractivity contribution in [2.45, 2.75) is 57.7 Å². The van der Waals surface area contributed by atoms with Gasteiger partial charge in [-0.15, -0.1) is 0 Å². The molecule has 2 aliphatic heterocycles. The smallest absolute Gasteiger partial charge is 0.0615 e. The lowest BCUT2D eigenvalue weighted by molar-refractivity contribution is -0.0279. The van der Waals surface area contributed by atoms with Crippen LogP contribution >= 0.6 is 0 Å². The molecule has 2 fully saturated rings. The van der Waals surface area contributed by atoms with Gasteiger partial charge >= 0.3 is 0 Å². The molecule has 3 unspecified atom stereocenters. The average Bonchev–Trinajstić information content (AvgIpc) is 2.37. The van der Waals surface area contributed by atoms with Crippen LogP contribution in [-0.2, 0) is 4.74 Å². The van der Waals surface area contributed by atoms with Crippen LogP contribution in [0.5, 0.6) is 0 Å². The quantitative estimate of drug-likeness (QED) is 0.747. The lowest BCUT2D eigenvalue weighted by atomic mass is 9.95. The molecular formula is C14H28N2O. The number of ether oxygens (including phenoxy) is 1. The number of nitrogens with zero attached hydrogens (tertiary/aromatic N) is 2. The summed E-state index contributed by atoms with van der Waals surface area (Å²) in [5, 5.41) is 0. The zero-order chi connectivity index (χ0) is 12.3.